The van der Waals surface area contributed by atoms with Crippen LogP contribution in [0.25, 0.3) is 10.8 Å². The van der Waals surface area contributed by atoms with Crippen molar-refractivity contribution in [2.75, 3.05) is 18.4 Å². The maximum atomic E-state index is 4.25. The van der Waals surface area contributed by atoms with E-state index < -0.39 is 0 Å². The molecule has 18 heavy (non-hydrogen) atoms. The van der Waals surface area contributed by atoms with Crippen molar-refractivity contribution in [3.63, 3.8) is 0 Å². The number of nitrogens with zero attached hydrogens (tertiary/aromatic N) is 2. The SMILES string of the molecule is c1ccc2c(NC3CCCNCC3)nncc2c1. The molecule has 1 fully saturated rings. The molecule has 2 aromatic rings. The fraction of sp³-hybridized carbons (Fsp3) is 0.429. The summed E-state index contributed by atoms with van der Waals surface area (Å²) in [4.78, 5) is 0. The number of hydrogen-bond donors (Lipinski definition) is 2. The Hall–Kier alpha value is -1.68. The van der Waals surface area contributed by atoms with Crippen LogP contribution < -0.4 is 10.6 Å². The minimum Gasteiger partial charge on any atom is -0.365 e. The molecule has 0 spiro atoms. The van der Waals surface area contributed by atoms with E-state index in [2.05, 4.69) is 33.0 Å². The summed E-state index contributed by atoms with van der Waals surface area (Å²) in [5, 5.41) is 17.6. The van der Waals surface area contributed by atoms with Crippen molar-refractivity contribution in [3.8, 4) is 0 Å². The molecule has 2 N–H and O–H groups in total. The van der Waals surface area contributed by atoms with Crippen LogP contribution in [0.5, 0.6) is 0 Å². The van der Waals surface area contributed by atoms with E-state index in [4.69, 9.17) is 0 Å². The lowest BCUT2D eigenvalue weighted by molar-refractivity contribution is 0.634. The second-order valence-corrected chi connectivity index (χ2v) is 4.80. The van der Waals surface area contributed by atoms with Crippen molar-refractivity contribution in [3.05, 3.63) is 30.5 Å². The second-order valence-electron chi connectivity index (χ2n) is 4.80. The zero-order valence-corrected chi connectivity index (χ0v) is 10.4. The second kappa shape index (κ2) is 5.31. The van der Waals surface area contributed by atoms with Gasteiger partial charge in [0.05, 0.1) is 6.20 Å². The third kappa shape index (κ3) is 2.43. The summed E-state index contributed by atoms with van der Waals surface area (Å²) in [5.74, 6) is 0.917. The molecule has 2 heterocycles. The molecule has 1 aromatic heterocycles. The van der Waals surface area contributed by atoms with Crippen molar-refractivity contribution in [1.29, 1.82) is 0 Å². The van der Waals surface area contributed by atoms with E-state index >= 15 is 0 Å². The van der Waals surface area contributed by atoms with Gasteiger partial charge < -0.3 is 10.6 Å². The molecule has 0 saturated carbocycles. The van der Waals surface area contributed by atoms with E-state index in [0.29, 0.717) is 6.04 Å². The first-order chi connectivity index (χ1) is 8.93. The molecule has 3 rings (SSSR count). The van der Waals surface area contributed by atoms with E-state index in [1.807, 2.05) is 18.3 Å². The maximum Gasteiger partial charge on any atom is 0.156 e. The first-order valence-electron chi connectivity index (χ1n) is 6.61. The van der Waals surface area contributed by atoms with Gasteiger partial charge in [0.1, 0.15) is 0 Å². The van der Waals surface area contributed by atoms with Crippen molar-refractivity contribution >= 4 is 16.6 Å². The van der Waals surface area contributed by atoms with Crippen LogP contribution in [0, 0.1) is 0 Å². The quantitative estimate of drug-likeness (QED) is 0.847. The Balaban J connectivity index is 1.85. The summed E-state index contributed by atoms with van der Waals surface area (Å²) >= 11 is 0. The van der Waals surface area contributed by atoms with Crippen molar-refractivity contribution in [2.45, 2.75) is 25.3 Å². The van der Waals surface area contributed by atoms with Crippen LogP contribution in [-0.2, 0) is 0 Å². The van der Waals surface area contributed by atoms with E-state index in [9.17, 15) is 0 Å². The van der Waals surface area contributed by atoms with Gasteiger partial charge in [-0.15, -0.1) is 5.10 Å². The van der Waals surface area contributed by atoms with Gasteiger partial charge in [0, 0.05) is 16.8 Å². The number of nitrogens with one attached hydrogen (secondary N) is 2. The van der Waals surface area contributed by atoms with Gasteiger partial charge in [0.2, 0.25) is 0 Å². The Labute approximate surface area is 107 Å². The highest BCUT2D eigenvalue weighted by molar-refractivity contribution is 5.90. The first kappa shape index (κ1) is 11.4. The Bertz CT molecular complexity index is 513. The van der Waals surface area contributed by atoms with Gasteiger partial charge in [-0.2, -0.15) is 5.10 Å². The average Bonchev–Trinajstić information content (AvgIpc) is 2.68. The third-order valence-corrected chi connectivity index (χ3v) is 3.49. The Morgan fingerprint density at radius 2 is 2.11 bits per heavy atom. The normalized spacial score (nSPS) is 20.6. The number of benzene rings is 1. The summed E-state index contributed by atoms with van der Waals surface area (Å²) in [6.45, 7) is 2.20. The van der Waals surface area contributed by atoms with E-state index in [0.717, 1.165) is 36.1 Å². The van der Waals surface area contributed by atoms with E-state index in [1.165, 1.54) is 12.8 Å². The van der Waals surface area contributed by atoms with Gasteiger partial charge in [-0.1, -0.05) is 24.3 Å². The molecule has 0 amide bonds. The molecule has 1 atom stereocenters. The minimum atomic E-state index is 0.500. The number of aromatic nitrogens is 2. The van der Waals surface area contributed by atoms with Crippen molar-refractivity contribution in [1.82, 2.24) is 15.5 Å². The standard InChI is InChI=1S/C14H18N4/c1-2-6-13-11(4-1)10-16-18-14(13)17-12-5-3-8-15-9-7-12/h1-2,4,6,10,12,15H,3,5,7-9H2,(H,17,18). The van der Waals surface area contributed by atoms with Crippen LogP contribution in [-0.4, -0.2) is 29.3 Å². The molecule has 94 valence electrons. The summed E-state index contributed by atoms with van der Waals surface area (Å²) in [7, 11) is 0. The molecule has 1 aliphatic rings. The van der Waals surface area contributed by atoms with E-state index in [1.54, 1.807) is 0 Å². The lowest BCUT2D eigenvalue weighted by Crippen LogP contribution is -2.22. The monoisotopic (exact) mass is 242 g/mol. The Morgan fingerprint density at radius 3 is 3.11 bits per heavy atom. The van der Waals surface area contributed by atoms with Crippen LogP contribution in [0.3, 0.4) is 0 Å². The molecule has 1 unspecified atom stereocenters. The molecule has 1 aliphatic heterocycles. The lowest BCUT2D eigenvalue weighted by Gasteiger charge is -2.17. The molecule has 1 saturated heterocycles. The van der Waals surface area contributed by atoms with Gasteiger partial charge in [0.25, 0.3) is 0 Å². The van der Waals surface area contributed by atoms with Crippen LogP contribution >= 0.6 is 0 Å². The summed E-state index contributed by atoms with van der Waals surface area (Å²) in [6, 6.07) is 8.75. The van der Waals surface area contributed by atoms with Gasteiger partial charge in [-0.05, 0) is 32.4 Å². The van der Waals surface area contributed by atoms with Gasteiger partial charge in [-0.3, -0.25) is 0 Å². The molecule has 4 nitrogen and oxygen atoms in total. The van der Waals surface area contributed by atoms with Gasteiger partial charge in [0.15, 0.2) is 5.82 Å². The molecule has 0 bridgehead atoms. The summed E-state index contributed by atoms with van der Waals surface area (Å²) in [6.07, 6.45) is 5.37. The molecule has 4 heteroatoms. The van der Waals surface area contributed by atoms with Crippen LogP contribution in [0.15, 0.2) is 30.5 Å². The fourth-order valence-electron chi connectivity index (χ4n) is 2.49. The minimum absolute atomic E-state index is 0.500. The maximum absolute atomic E-state index is 4.25. The van der Waals surface area contributed by atoms with Crippen LogP contribution in [0.1, 0.15) is 19.3 Å². The Morgan fingerprint density at radius 1 is 1.17 bits per heavy atom. The Kier molecular flexibility index (Phi) is 3.37. The fourth-order valence-corrected chi connectivity index (χ4v) is 2.49. The summed E-state index contributed by atoms with van der Waals surface area (Å²) < 4.78 is 0. The van der Waals surface area contributed by atoms with Crippen molar-refractivity contribution in [2.24, 2.45) is 0 Å². The molecule has 1 aromatic carbocycles. The molecular formula is C14H18N4. The smallest absolute Gasteiger partial charge is 0.156 e. The van der Waals surface area contributed by atoms with Crippen LogP contribution in [0.4, 0.5) is 5.82 Å². The molecule has 0 aliphatic carbocycles. The third-order valence-electron chi connectivity index (χ3n) is 3.49. The highest BCUT2D eigenvalue weighted by Crippen LogP contribution is 2.21. The van der Waals surface area contributed by atoms with Crippen LogP contribution in [0.2, 0.25) is 0 Å². The number of rotatable bonds is 2. The average molecular weight is 242 g/mol. The van der Waals surface area contributed by atoms with Gasteiger partial charge >= 0.3 is 0 Å². The summed E-state index contributed by atoms with van der Waals surface area (Å²) in [5.41, 5.74) is 0. The van der Waals surface area contributed by atoms with Crippen molar-refractivity contribution < 1.29 is 0 Å². The molecular weight excluding hydrogens is 224 g/mol. The van der Waals surface area contributed by atoms with Gasteiger partial charge in [-0.25, -0.2) is 0 Å². The predicted octanol–water partition coefficient (Wildman–Crippen LogP) is 2.18. The number of fused-ring (bicyclic) bond motifs is 1. The lowest BCUT2D eigenvalue weighted by atomic mass is 10.1. The largest absolute Gasteiger partial charge is 0.365 e. The highest BCUT2D eigenvalue weighted by Gasteiger charge is 2.13. The zero-order valence-electron chi connectivity index (χ0n) is 10.4. The molecule has 0 radical (unpaired) electrons. The predicted molar refractivity (Wildman–Crippen MR) is 73.7 cm³/mol. The number of hydrogen-bond acceptors (Lipinski definition) is 4. The van der Waals surface area contributed by atoms with E-state index in [-0.39, 0.29) is 0 Å². The topological polar surface area (TPSA) is 49.8 Å². The number of anilines is 1. The highest BCUT2D eigenvalue weighted by atomic mass is 15.2. The zero-order chi connectivity index (χ0) is 12.2. The first-order valence-corrected chi connectivity index (χ1v) is 6.61.